The monoisotopic (exact) mass is 357 g/mol. The van der Waals surface area contributed by atoms with E-state index in [9.17, 15) is 18.8 Å². The summed E-state index contributed by atoms with van der Waals surface area (Å²) in [7, 11) is 0. The summed E-state index contributed by atoms with van der Waals surface area (Å²) in [6.07, 6.45) is 0. The van der Waals surface area contributed by atoms with Crippen molar-refractivity contribution in [3.8, 4) is 5.75 Å². The van der Waals surface area contributed by atoms with Crippen LogP contribution in [0.1, 0.15) is 28.8 Å². The number of esters is 1. The van der Waals surface area contributed by atoms with Crippen molar-refractivity contribution in [2.75, 3.05) is 18.5 Å². The number of benzene rings is 2. The van der Waals surface area contributed by atoms with Crippen LogP contribution in [0.2, 0.25) is 0 Å². The van der Waals surface area contributed by atoms with Gasteiger partial charge in [0, 0.05) is 17.3 Å². The van der Waals surface area contributed by atoms with Gasteiger partial charge in [-0.1, -0.05) is 6.07 Å². The Balaban J connectivity index is 1.53. The predicted molar refractivity (Wildman–Crippen MR) is 90.7 cm³/mol. The second kappa shape index (κ2) is 7.35. The number of anilines is 1. The molecule has 1 heterocycles. The van der Waals surface area contributed by atoms with Crippen molar-refractivity contribution in [2.24, 2.45) is 0 Å². The first-order valence-electron chi connectivity index (χ1n) is 7.96. The van der Waals surface area contributed by atoms with Crippen molar-refractivity contribution in [2.45, 2.75) is 12.8 Å². The second-order valence-corrected chi connectivity index (χ2v) is 5.84. The normalized spacial score (nSPS) is 15.2. The van der Waals surface area contributed by atoms with Crippen molar-refractivity contribution >= 4 is 23.3 Å². The van der Waals surface area contributed by atoms with Gasteiger partial charge in [-0.25, -0.2) is 9.18 Å². The molecular formula is C19H16FNO5. The Kier molecular flexibility index (Phi) is 4.97. The van der Waals surface area contributed by atoms with E-state index in [-0.39, 0.29) is 17.6 Å². The number of hydrogen-bond donors (Lipinski definition) is 1. The van der Waals surface area contributed by atoms with E-state index < -0.39 is 30.8 Å². The van der Waals surface area contributed by atoms with Gasteiger partial charge in [0.1, 0.15) is 11.6 Å². The minimum Gasteiger partial charge on any atom is -0.482 e. The molecule has 1 aliphatic rings. The van der Waals surface area contributed by atoms with Crippen LogP contribution in [0.15, 0.2) is 42.5 Å². The standard InChI is InChI=1S/C19H16FNO5/c1-11-15-7-12(5-6-16(15)21-19(11)24)17(22)9-26-18(23)10-25-14-4-2-3-13(20)8-14/h2-8,11H,9-10H2,1H3,(H,21,24)/t11-/m1/s1. The molecule has 1 N–H and O–H groups in total. The first-order chi connectivity index (χ1) is 12.4. The SMILES string of the molecule is C[C@H]1C(=O)Nc2ccc(C(=O)COC(=O)COc3cccc(F)c3)cc21. The maximum absolute atomic E-state index is 13.0. The summed E-state index contributed by atoms with van der Waals surface area (Å²) in [6, 6.07) is 10.2. The Morgan fingerprint density at radius 3 is 2.73 bits per heavy atom. The maximum atomic E-state index is 13.0. The number of ketones is 1. The van der Waals surface area contributed by atoms with Crippen LogP contribution in [0, 0.1) is 5.82 Å². The number of carbonyl (C=O) groups is 3. The van der Waals surface area contributed by atoms with E-state index in [1.54, 1.807) is 25.1 Å². The number of carbonyl (C=O) groups excluding carboxylic acids is 3. The van der Waals surface area contributed by atoms with Crippen molar-refractivity contribution in [3.05, 3.63) is 59.4 Å². The van der Waals surface area contributed by atoms with E-state index in [0.717, 1.165) is 11.6 Å². The number of nitrogens with one attached hydrogen (secondary N) is 1. The molecule has 0 saturated carbocycles. The summed E-state index contributed by atoms with van der Waals surface area (Å²) in [5.74, 6) is -1.87. The van der Waals surface area contributed by atoms with Gasteiger partial charge in [0.15, 0.2) is 19.0 Å². The van der Waals surface area contributed by atoms with Crippen molar-refractivity contribution in [1.82, 2.24) is 0 Å². The van der Waals surface area contributed by atoms with Crippen LogP contribution in [-0.2, 0) is 14.3 Å². The largest absolute Gasteiger partial charge is 0.482 e. The smallest absolute Gasteiger partial charge is 0.344 e. The predicted octanol–water partition coefficient (Wildman–Crippen LogP) is 2.69. The number of hydrogen-bond acceptors (Lipinski definition) is 5. The quantitative estimate of drug-likeness (QED) is 0.635. The van der Waals surface area contributed by atoms with Crippen LogP contribution in [0.3, 0.4) is 0 Å². The van der Waals surface area contributed by atoms with Gasteiger partial charge in [-0.3, -0.25) is 9.59 Å². The van der Waals surface area contributed by atoms with Crippen molar-refractivity contribution in [3.63, 3.8) is 0 Å². The van der Waals surface area contributed by atoms with Crippen molar-refractivity contribution < 1.29 is 28.2 Å². The van der Waals surface area contributed by atoms with Crippen LogP contribution < -0.4 is 10.1 Å². The van der Waals surface area contributed by atoms with E-state index in [1.807, 2.05) is 0 Å². The Morgan fingerprint density at radius 1 is 1.15 bits per heavy atom. The molecule has 0 aromatic heterocycles. The molecule has 0 unspecified atom stereocenters. The van der Waals surface area contributed by atoms with Crippen LogP contribution in [-0.4, -0.2) is 30.9 Å². The number of ether oxygens (including phenoxy) is 2. The van der Waals surface area contributed by atoms with Crippen LogP contribution in [0.4, 0.5) is 10.1 Å². The third-order valence-electron chi connectivity index (χ3n) is 4.01. The molecule has 134 valence electrons. The van der Waals surface area contributed by atoms with Crippen LogP contribution in [0.25, 0.3) is 0 Å². The molecule has 6 nitrogen and oxygen atoms in total. The molecule has 2 aromatic carbocycles. The Morgan fingerprint density at radius 2 is 1.96 bits per heavy atom. The van der Waals surface area contributed by atoms with E-state index >= 15 is 0 Å². The van der Waals surface area contributed by atoms with Gasteiger partial charge in [0.25, 0.3) is 0 Å². The lowest BCUT2D eigenvalue weighted by molar-refractivity contribution is -0.144. The average molecular weight is 357 g/mol. The zero-order valence-electron chi connectivity index (χ0n) is 14.0. The molecule has 1 aliphatic heterocycles. The fourth-order valence-electron chi connectivity index (χ4n) is 2.56. The third kappa shape index (κ3) is 3.88. The number of amides is 1. The first-order valence-corrected chi connectivity index (χ1v) is 7.96. The number of rotatable bonds is 6. The van der Waals surface area contributed by atoms with Gasteiger partial charge < -0.3 is 14.8 Å². The van der Waals surface area contributed by atoms with Gasteiger partial charge in [0.2, 0.25) is 5.91 Å². The van der Waals surface area contributed by atoms with E-state index in [0.29, 0.717) is 11.3 Å². The van der Waals surface area contributed by atoms with E-state index in [4.69, 9.17) is 9.47 Å². The summed E-state index contributed by atoms with van der Waals surface area (Å²) in [5.41, 5.74) is 1.77. The molecule has 3 rings (SSSR count). The summed E-state index contributed by atoms with van der Waals surface area (Å²) in [4.78, 5) is 35.5. The molecule has 0 aliphatic carbocycles. The lowest BCUT2D eigenvalue weighted by atomic mass is 9.99. The van der Waals surface area contributed by atoms with Gasteiger partial charge in [-0.05, 0) is 42.8 Å². The van der Waals surface area contributed by atoms with E-state index in [2.05, 4.69) is 5.32 Å². The van der Waals surface area contributed by atoms with Gasteiger partial charge in [-0.2, -0.15) is 0 Å². The molecule has 1 amide bonds. The lowest BCUT2D eigenvalue weighted by Crippen LogP contribution is -2.19. The summed E-state index contributed by atoms with van der Waals surface area (Å²) < 4.78 is 23.0. The zero-order valence-corrected chi connectivity index (χ0v) is 14.0. The molecule has 1 atom stereocenters. The minimum absolute atomic E-state index is 0.120. The molecule has 2 aromatic rings. The second-order valence-electron chi connectivity index (χ2n) is 5.84. The molecule has 26 heavy (non-hydrogen) atoms. The van der Waals surface area contributed by atoms with Crippen LogP contribution in [0.5, 0.6) is 5.75 Å². The Bertz CT molecular complexity index is 880. The molecular weight excluding hydrogens is 341 g/mol. The maximum Gasteiger partial charge on any atom is 0.344 e. The molecule has 0 saturated heterocycles. The Hall–Kier alpha value is -3.22. The third-order valence-corrected chi connectivity index (χ3v) is 4.01. The highest BCUT2D eigenvalue weighted by Crippen LogP contribution is 2.32. The highest BCUT2D eigenvalue weighted by Gasteiger charge is 2.27. The van der Waals surface area contributed by atoms with E-state index in [1.165, 1.54) is 18.2 Å². The van der Waals surface area contributed by atoms with Crippen LogP contribution >= 0.6 is 0 Å². The summed E-state index contributed by atoms with van der Waals surface area (Å²) in [5, 5.41) is 2.72. The molecule has 0 bridgehead atoms. The van der Waals surface area contributed by atoms with Crippen molar-refractivity contribution in [1.29, 1.82) is 0 Å². The number of fused-ring (bicyclic) bond motifs is 1. The lowest BCUT2D eigenvalue weighted by Gasteiger charge is -2.08. The molecule has 0 radical (unpaired) electrons. The first kappa shape index (κ1) is 17.6. The molecule has 7 heteroatoms. The Labute approximate surface area is 148 Å². The average Bonchev–Trinajstić information content (AvgIpc) is 2.91. The fourth-order valence-corrected chi connectivity index (χ4v) is 2.56. The van der Waals surface area contributed by atoms with Gasteiger partial charge in [-0.15, -0.1) is 0 Å². The number of halogens is 1. The minimum atomic E-state index is -0.742. The fraction of sp³-hybridized carbons (Fsp3) is 0.211. The highest BCUT2D eigenvalue weighted by atomic mass is 19.1. The van der Waals surface area contributed by atoms with Gasteiger partial charge in [0.05, 0.1) is 5.92 Å². The highest BCUT2D eigenvalue weighted by molar-refractivity contribution is 6.05. The summed E-state index contributed by atoms with van der Waals surface area (Å²) in [6.45, 7) is 0.871. The number of Topliss-reactive ketones (excluding diaryl/α,β-unsaturated/α-hetero) is 1. The zero-order chi connectivity index (χ0) is 18.7. The topological polar surface area (TPSA) is 81.7 Å². The van der Waals surface area contributed by atoms with Gasteiger partial charge >= 0.3 is 5.97 Å². The molecule has 0 fully saturated rings. The summed E-state index contributed by atoms with van der Waals surface area (Å²) >= 11 is 0. The molecule has 0 spiro atoms.